The second-order valence-corrected chi connectivity index (χ2v) is 6.49. The van der Waals surface area contributed by atoms with Crippen LogP contribution in [-0.4, -0.2) is 0 Å². The van der Waals surface area contributed by atoms with E-state index in [0.29, 0.717) is 0 Å². The monoisotopic (exact) mass is 259 g/mol. The highest BCUT2D eigenvalue weighted by Gasteiger charge is 2.25. The van der Waals surface area contributed by atoms with Gasteiger partial charge in [0.1, 0.15) is 0 Å². The molecule has 1 unspecified atom stereocenters. The van der Waals surface area contributed by atoms with Gasteiger partial charge in [0.05, 0.1) is 0 Å². The van der Waals surface area contributed by atoms with Crippen molar-refractivity contribution < 1.29 is 0 Å². The number of hydrogen-bond acceptors (Lipinski definition) is 1. The summed E-state index contributed by atoms with van der Waals surface area (Å²) in [5.74, 6) is 0.742. The molecule has 1 heteroatoms. The molecule has 106 valence electrons. The summed E-state index contributed by atoms with van der Waals surface area (Å²) in [5.41, 5.74) is 10.9. The molecule has 1 atom stereocenters. The minimum Gasteiger partial charge on any atom is -0.322 e. The Bertz CT molecular complexity index is 416. The second kappa shape index (κ2) is 6.09. The standard InChI is InChI=1S/C18H29N/c1-4-14(5-2)13-18(3,19)17-11-10-15-8-6-7-9-16(15)12-17/h10-12,14H,4-9,13,19H2,1-3H3. The van der Waals surface area contributed by atoms with Crippen molar-refractivity contribution in [2.75, 3.05) is 0 Å². The van der Waals surface area contributed by atoms with Crippen LogP contribution >= 0.6 is 0 Å². The number of aryl methyl sites for hydroxylation is 2. The first-order chi connectivity index (χ1) is 9.06. The van der Waals surface area contributed by atoms with E-state index >= 15 is 0 Å². The van der Waals surface area contributed by atoms with Gasteiger partial charge in [-0.25, -0.2) is 0 Å². The summed E-state index contributed by atoms with van der Waals surface area (Å²) in [6.07, 6.45) is 8.74. The Labute approximate surface area is 118 Å². The third-order valence-electron chi connectivity index (χ3n) is 4.88. The van der Waals surface area contributed by atoms with Gasteiger partial charge in [0.15, 0.2) is 0 Å². The van der Waals surface area contributed by atoms with Gasteiger partial charge in [-0.15, -0.1) is 0 Å². The van der Waals surface area contributed by atoms with E-state index in [1.165, 1.54) is 44.1 Å². The zero-order valence-corrected chi connectivity index (χ0v) is 12.8. The Kier molecular flexibility index (Phi) is 4.67. The van der Waals surface area contributed by atoms with Crippen LogP contribution in [0.3, 0.4) is 0 Å². The fourth-order valence-electron chi connectivity index (χ4n) is 3.38. The van der Waals surface area contributed by atoms with Gasteiger partial charge < -0.3 is 5.73 Å². The van der Waals surface area contributed by atoms with Gasteiger partial charge in [0, 0.05) is 5.54 Å². The van der Waals surface area contributed by atoms with Gasteiger partial charge in [-0.3, -0.25) is 0 Å². The van der Waals surface area contributed by atoms with Gasteiger partial charge in [-0.2, -0.15) is 0 Å². The quantitative estimate of drug-likeness (QED) is 0.824. The highest BCUT2D eigenvalue weighted by atomic mass is 14.7. The van der Waals surface area contributed by atoms with Crippen LogP contribution in [0.2, 0.25) is 0 Å². The minimum absolute atomic E-state index is 0.177. The molecule has 1 aliphatic rings. The summed E-state index contributed by atoms with van der Waals surface area (Å²) in [6.45, 7) is 6.75. The molecule has 1 aliphatic carbocycles. The van der Waals surface area contributed by atoms with E-state index in [1.54, 1.807) is 11.1 Å². The fraction of sp³-hybridized carbons (Fsp3) is 0.667. The summed E-state index contributed by atoms with van der Waals surface area (Å²) in [4.78, 5) is 0. The maximum absolute atomic E-state index is 6.62. The predicted octanol–water partition coefficient (Wildman–Crippen LogP) is 4.57. The van der Waals surface area contributed by atoms with Gasteiger partial charge in [-0.05, 0) is 61.6 Å². The highest BCUT2D eigenvalue weighted by Crippen LogP contribution is 2.31. The molecule has 19 heavy (non-hydrogen) atoms. The molecule has 2 N–H and O–H groups in total. The average molecular weight is 259 g/mol. The van der Waals surface area contributed by atoms with Crippen LogP contribution in [0, 0.1) is 5.92 Å². The maximum Gasteiger partial charge on any atom is 0.0383 e. The molecule has 0 saturated carbocycles. The molecule has 0 spiro atoms. The smallest absolute Gasteiger partial charge is 0.0383 e. The third kappa shape index (κ3) is 3.39. The molecule has 0 aromatic heterocycles. The SMILES string of the molecule is CCC(CC)CC(C)(N)c1ccc2c(c1)CCCC2. The van der Waals surface area contributed by atoms with Gasteiger partial charge in [0.2, 0.25) is 0 Å². The van der Waals surface area contributed by atoms with E-state index in [4.69, 9.17) is 5.73 Å². The predicted molar refractivity (Wildman–Crippen MR) is 83.3 cm³/mol. The summed E-state index contributed by atoms with van der Waals surface area (Å²) in [6, 6.07) is 6.98. The lowest BCUT2D eigenvalue weighted by molar-refractivity contribution is 0.329. The van der Waals surface area contributed by atoms with Gasteiger partial charge in [-0.1, -0.05) is 44.9 Å². The zero-order chi connectivity index (χ0) is 13.9. The molecule has 1 aromatic carbocycles. The highest BCUT2D eigenvalue weighted by molar-refractivity contribution is 5.36. The minimum atomic E-state index is -0.177. The molecule has 0 radical (unpaired) electrons. The number of rotatable bonds is 5. The van der Waals surface area contributed by atoms with Crippen molar-refractivity contribution in [1.82, 2.24) is 0 Å². The molecule has 0 heterocycles. The Morgan fingerprint density at radius 3 is 2.37 bits per heavy atom. The van der Waals surface area contributed by atoms with Crippen LogP contribution in [-0.2, 0) is 18.4 Å². The first-order valence-corrected chi connectivity index (χ1v) is 7.98. The maximum atomic E-state index is 6.62. The lowest BCUT2D eigenvalue weighted by Crippen LogP contribution is -2.35. The molecular formula is C18H29N. The number of nitrogens with two attached hydrogens (primary N) is 1. The molecule has 0 bridgehead atoms. The Morgan fingerprint density at radius 1 is 1.11 bits per heavy atom. The van der Waals surface area contributed by atoms with E-state index in [9.17, 15) is 0 Å². The molecular weight excluding hydrogens is 230 g/mol. The first kappa shape index (κ1) is 14.6. The van der Waals surface area contributed by atoms with Crippen LogP contribution in [0.1, 0.15) is 69.6 Å². The van der Waals surface area contributed by atoms with Crippen molar-refractivity contribution in [3.63, 3.8) is 0 Å². The van der Waals surface area contributed by atoms with E-state index in [0.717, 1.165) is 12.3 Å². The van der Waals surface area contributed by atoms with Crippen molar-refractivity contribution >= 4 is 0 Å². The molecule has 1 aromatic rings. The van der Waals surface area contributed by atoms with Gasteiger partial charge >= 0.3 is 0 Å². The van der Waals surface area contributed by atoms with Crippen LogP contribution in [0.5, 0.6) is 0 Å². The van der Waals surface area contributed by atoms with E-state index < -0.39 is 0 Å². The zero-order valence-electron chi connectivity index (χ0n) is 12.8. The van der Waals surface area contributed by atoms with Crippen molar-refractivity contribution in [1.29, 1.82) is 0 Å². The summed E-state index contributed by atoms with van der Waals surface area (Å²) >= 11 is 0. The van der Waals surface area contributed by atoms with E-state index in [2.05, 4.69) is 39.0 Å². The van der Waals surface area contributed by atoms with E-state index in [-0.39, 0.29) is 5.54 Å². The summed E-state index contributed by atoms with van der Waals surface area (Å²) < 4.78 is 0. The Balaban J connectivity index is 2.20. The molecule has 0 amide bonds. The normalized spacial score (nSPS) is 18.2. The largest absolute Gasteiger partial charge is 0.322 e. The molecule has 0 fully saturated rings. The molecule has 0 saturated heterocycles. The number of benzene rings is 1. The second-order valence-electron chi connectivity index (χ2n) is 6.49. The lowest BCUT2D eigenvalue weighted by atomic mass is 9.79. The van der Waals surface area contributed by atoms with Crippen molar-refractivity contribution in [2.24, 2.45) is 11.7 Å². The van der Waals surface area contributed by atoms with Crippen LogP contribution in [0.25, 0.3) is 0 Å². The van der Waals surface area contributed by atoms with E-state index in [1.807, 2.05) is 0 Å². The molecule has 0 aliphatic heterocycles. The number of hydrogen-bond donors (Lipinski definition) is 1. The summed E-state index contributed by atoms with van der Waals surface area (Å²) in [5, 5.41) is 0. The molecule has 1 nitrogen and oxygen atoms in total. The van der Waals surface area contributed by atoms with Crippen molar-refractivity contribution in [3.8, 4) is 0 Å². The lowest BCUT2D eigenvalue weighted by Gasteiger charge is -2.31. The Hall–Kier alpha value is -0.820. The molecule has 2 rings (SSSR count). The average Bonchev–Trinajstić information content (AvgIpc) is 2.44. The van der Waals surface area contributed by atoms with Crippen LogP contribution in [0.4, 0.5) is 0 Å². The van der Waals surface area contributed by atoms with Gasteiger partial charge in [0.25, 0.3) is 0 Å². The Morgan fingerprint density at radius 2 is 1.74 bits per heavy atom. The summed E-state index contributed by atoms with van der Waals surface area (Å²) in [7, 11) is 0. The number of fused-ring (bicyclic) bond motifs is 1. The van der Waals surface area contributed by atoms with Crippen LogP contribution in [0.15, 0.2) is 18.2 Å². The van der Waals surface area contributed by atoms with Crippen molar-refractivity contribution in [2.45, 2.75) is 71.3 Å². The topological polar surface area (TPSA) is 26.0 Å². The third-order valence-corrected chi connectivity index (χ3v) is 4.88. The van der Waals surface area contributed by atoms with Crippen molar-refractivity contribution in [3.05, 3.63) is 34.9 Å². The fourth-order valence-corrected chi connectivity index (χ4v) is 3.38. The first-order valence-electron chi connectivity index (χ1n) is 7.98. The van der Waals surface area contributed by atoms with Crippen LogP contribution < -0.4 is 5.73 Å².